The standard InChI is InChI=1S/C8H19N3O/c1-3-8(12-9-2)11-6-4-10-5-7-11/h8-10H,3-7H2,1-2H3. The van der Waals surface area contributed by atoms with Crippen molar-refractivity contribution in [1.29, 1.82) is 0 Å². The number of nitrogens with one attached hydrogen (secondary N) is 2. The summed E-state index contributed by atoms with van der Waals surface area (Å²) >= 11 is 0. The first-order valence-corrected chi connectivity index (χ1v) is 4.65. The van der Waals surface area contributed by atoms with Crippen LogP contribution in [0.3, 0.4) is 0 Å². The van der Waals surface area contributed by atoms with E-state index in [1.165, 1.54) is 0 Å². The van der Waals surface area contributed by atoms with Crippen LogP contribution in [0.25, 0.3) is 0 Å². The Kier molecular flexibility index (Phi) is 4.53. The molecular weight excluding hydrogens is 154 g/mol. The van der Waals surface area contributed by atoms with Gasteiger partial charge in [0.25, 0.3) is 0 Å². The largest absolute Gasteiger partial charge is 0.314 e. The quantitative estimate of drug-likeness (QED) is 0.576. The highest BCUT2D eigenvalue weighted by Gasteiger charge is 2.18. The summed E-state index contributed by atoms with van der Waals surface area (Å²) in [5.41, 5.74) is 2.75. The highest BCUT2D eigenvalue weighted by atomic mass is 16.7. The number of hydrogen-bond donors (Lipinski definition) is 2. The lowest BCUT2D eigenvalue weighted by molar-refractivity contribution is -0.107. The molecule has 1 unspecified atom stereocenters. The predicted octanol–water partition coefficient (Wildman–Crippen LogP) is -0.221. The molecule has 1 atom stereocenters. The van der Waals surface area contributed by atoms with Crippen molar-refractivity contribution in [3.8, 4) is 0 Å². The molecule has 0 spiro atoms. The third kappa shape index (κ3) is 2.71. The molecule has 1 rings (SSSR count). The SMILES string of the molecule is CCC(ONC)N1CCNCC1. The van der Waals surface area contributed by atoms with Crippen LogP contribution in [0.15, 0.2) is 0 Å². The molecule has 1 saturated heterocycles. The van der Waals surface area contributed by atoms with Gasteiger partial charge in [-0.25, -0.2) is 5.48 Å². The number of piperazine rings is 1. The summed E-state index contributed by atoms with van der Waals surface area (Å²) in [6, 6.07) is 0. The Hall–Kier alpha value is -0.160. The van der Waals surface area contributed by atoms with Crippen molar-refractivity contribution in [2.75, 3.05) is 33.2 Å². The van der Waals surface area contributed by atoms with Gasteiger partial charge in [-0.15, -0.1) is 0 Å². The molecular formula is C8H19N3O. The Bertz CT molecular complexity index is 112. The Labute approximate surface area is 74.2 Å². The van der Waals surface area contributed by atoms with Crippen LogP contribution in [-0.4, -0.2) is 44.4 Å². The van der Waals surface area contributed by atoms with Crippen molar-refractivity contribution in [3.63, 3.8) is 0 Å². The normalized spacial score (nSPS) is 22.5. The van der Waals surface area contributed by atoms with Crippen LogP contribution in [0.5, 0.6) is 0 Å². The van der Waals surface area contributed by atoms with Crippen LogP contribution < -0.4 is 10.8 Å². The molecule has 0 aliphatic carbocycles. The Morgan fingerprint density at radius 2 is 2.17 bits per heavy atom. The van der Waals surface area contributed by atoms with Crippen molar-refractivity contribution in [3.05, 3.63) is 0 Å². The van der Waals surface area contributed by atoms with Crippen LogP contribution in [0.2, 0.25) is 0 Å². The van der Waals surface area contributed by atoms with Gasteiger partial charge in [0.1, 0.15) is 6.23 Å². The minimum absolute atomic E-state index is 0.233. The maximum Gasteiger partial charge on any atom is 0.131 e. The molecule has 1 aliphatic rings. The van der Waals surface area contributed by atoms with E-state index in [1.807, 2.05) is 7.05 Å². The molecule has 2 N–H and O–H groups in total. The first-order valence-electron chi connectivity index (χ1n) is 4.65. The molecule has 12 heavy (non-hydrogen) atoms. The second-order valence-electron chi connectivity index (χ2n) is 2.97. The summed E-state index contributed by atoms with van der Waals surface area (Å²) in [5, 5.41) is 3.32. The van der Waals surface area contributed by atoms with Crippen molar-refractivity contribution >= 4 is 0 Å². The monoisotopic (exact) mass is 173 g/mol. The van der Waals surface area contributed by atoms with Crippen LogP contribution in [0.1, 0.15) is 13.3 Å². The lowest BCUT2D eigenvalue weighted by Crippen LogP contribution is -2.50. The van der Waals surface area contributed by atoms with Gasteiger partial charge in [-0.1, -0.05) is 6.92 Å². The maximum absolute atomic E-state index is 5.38. The van der Waals surface area contributed by atoms with E-state index in [0.29, 0.717) is 0 Å². The van der Waals surface area contributed by atoms with Gasteiger partial charge in [-0.05, 0) is 6.42 Å². The number of hydrogen-bond acceptors (Lipinski definition) is 4. The van der Waals surface area contributed by atoms with Gasteiger partial charge >= 0.3 is 0 Å². The zero-order chi connectivity index (χ0) is 8.81. The van der Waals surface area contributed by atoms with E-state index in [4.69, 9.17) is 4.84 Å². The van der Waals surface area contributed by atoms with Crippen molar-refractivity contribution in [2.45, 2.75) is 19.6 Å². The highest BCUT2D eigenvalue weighted by molar-refractivity contribution is 4.69. The van der Waals surface area contributed by atoms with Gasteiger partial charge in [0.15, 0.2) is 0 Å². The number of hydroxylamine groups is 1. The summed E-state index contributed by atoms with van der Waals surface area (Å²) in [4.78, 5) is 7.73. The van der Waals surface area contributed by atoms with E-state index in [-0.39, 0.29) is 6.23 Å². The van der Waals surface area contributed by atoms with Gasteiger partial charge in [0, 0.05) is 33.2 Å². The number of nitrogens with zero attached hydrogens (tertiary/aromatic N) is 1. The first kappa shape index (κ1) is 9.92. The average Bonchev–Trinajstić information content (AvgIpc) is 2.15. The fourth-order valence-electron chi connectivity index (χ4n) is 1.52. The Morgan fingerprint density at radius 1 is 1.50 bits per heavy atom. The van der Waals surface area contributed by atoms with Crippen LogP contribution in [0.4, 0.5) is 0 Å². The molecule has 0 aromatic rings. The molecule has 0 aromatic heterocycles. The molecule has 1 aliphatic heterocycles. The summed E-state index contributed by atoms with van der Waals surface area (Å²) < 4.78 is 0. The third-order valence-electron chi connectivity index (χ3n) is 2.16. The van der Waals surface area contributed by atoms with E-state index in [0.717, 1.165) is 32.6 Å². The summed E-state index contributed by atoms with van der Waals surface area (Å²) in [6.45, 7) is 6.46. The van der Waals surface area contributed by atoms with Crippen LogP contribution in [0, 0.1) is 0 Å². The Morgan fingerprint density at radius 3 is 2.67 bits per heavy atom. The van der Waals surface area contributed by atoms with Gasteiger partial charge < -0.3 is 5.32 Å². The maximum atomic E-state index is 5.38. The molecule has 0 amide bonds. The zero-order valence-corrected chi connectivity index (χ0v) is 7.97. The third-order valence-corrected chi connectivity index (χ3v) is 2.16. The minimum atomic E-state index is 0.233. The van der Waals surface area contributed by atoms with Crippen molar-refractivity contribution in [1.82, 2.24) is 15.7 Å². The lowest BCUT2D eigenvalue weighted by Gasteiger charge is -2.33. The van der Waals surface area contributed by atoms with E-state index in [1.54, 1.807) is 0 Å². The molecule has 1 fully saturated rings. The molecule has 4 nitrogen and oxygen atoms in total. The van der Waals surface area contributed by atoms with Crippen molar-refractivity contribution in [2.24, 2.45) is 0 Å². The highest BCUT2D eigenvalue weighted by Crippen LogP contribution is 2.05. The summed E-state index contributed by atoms with van der Waals surface area (Å²) in [7, 11) is 1.81. The molecule has 4 heteroatoms. The average molecular weight is 173 g/mol. The molecule has 0 radical (unpaired) electrons. The fourth-order valence-corrected chi connectivity index (χ4v) is 1.52. The molecule has 1 heterocycles. The van der Waals surface area contributed by atoms with Gasteiger partial charge in [0.05, 0.1) is 0 Å². The second kappa shape index (κ2) is 5.48. The Balaban J connectivity index is 2.29. The van der Waals surface area contributed by atoms with Gasteiger partial charge in [-0.2, -0.15) is 0 Å². The topological polar surface area (TPSA) is 36.5 Å². The molecule has 0 bridgehead atoms. The van der Waals surface area contributed by atoms with E-state index in [9.17, 15) is 0 Å². The van der Waals surface area contributed by atoms with E-state index >= 15 is 0 Å². The van der Waals surface area contributed by atoms with Gasteiger partial charge in [0.2, 0.25) is 0 Å². The van der Waals surface area contributed by atoms with E-state index in [2.05, 4.69) is 22.6 Å². The first-order chi connectivity index (χ1) is 5.88. The van der Waals surface area contributed by atoms with E-state index < -0.39 is 0 Å². The van der Waals surface area contributed by atoms with Crippen LogP contribution in [-0.2, 0) is 4.84 Å². The van der Waals surface area contributed by atoms with Crippen LogP contribution >= 0.6 is 0 Å². The molecule has 0 aromatic carbocycles. The van der Waals surface area contributed by atoms with Gasteiger partial charge in [-0.3, -0.25) is 9.74 Å². The summed E-state index contributed by atoms with van der Waals surface area (Å²) in [5.74, 6) is 0. The summed E-state index contributed by atoms with van der Waals surface area (Å²) in [6.07, 6.45) is 1.26. The molecule has 72 valence electrons. The number of rotatable bonds is 4. The lowest BCUT2D eigenvalue weighted by atomic mass is 10.3. The van der Waals surface area contributed by atoms with Crippen molar-refractivity contribution < 1.29 is 4.84 Å². The smallest absolute Gasteiger partial charge is 0.131 e. The fraction of sp³-hybridized carbons (Fsp3) is 1.00. The minimum Gasteiger partial charge on any atom is -0.314 e. The zero-order valence-electron chi connectivity index (χ0n) is 7.97. The second-order valence-corrected chi connectivity index (χ2v) is 2.97. The predicted molar refractivity (Wildman–Crippen MR) is 48.7 cm³/mol. The molecule has 0 saturated carbocycles.